The number of rotatable bonds is 8. The molecule has 0 atom stereocenters. The normalized spacial score (nSPS) is 11.0. The fraction of sp³-hybridized carbons (Fsp3) is 0.160. The van der Waals surface area contributed by atoms with Crippen molar-refractivity contribution >= 4 is 43.5 Å². The largest absolute Gasteiger partial charge is 0.497 e. The van der Waals surface area contributed by atoms with Crippen LogP contribution < -0.4 is 14.2 Å². The van der Waals surface area contributed by atoms with Gasteiger partial charge in [-0.1, -0.05) is 28.1 Å². The Morgan fingerprint density at radius 2 is 1.71 bits per heavy atom. The van der Waals surface area contributed by atoms with Crippen molar-refractivity contribution in [2.24, 2.45) is 0 Å². The van der Waals surface area contributed by atoms with E-state index in [4.69, 9.17) is 14.2 Å². The smallest absolute Gasteiger partial charge is 0.175 e. The summed E-state index contributed by atoms with van der Waals surface area (Å²) in [6.45, 7) is 2.83. The molecule has 0 aromatic heterocycles. The molecule has 158 valence electrons. The summed E-state index contributed by atoms with van der Waals surface area (Å²) in [5, 5.41) is 9.67. The molecule has 3 aromatic rings. The summed E-state index contributed by atoms with van der Waals surface area (Å²) in [5.74, 6) is 1.99. The molecule has 0 N–H and O–H groups in total. The zero-order valence-electron chi connectivity index (χ0n) is 17.2. The maximum absolute atomic E-state index is 9.67. The minimum Gasteiger partial charge on any atom is -0.497 e. The van der Waals surface area contributed by atoms with Crippen LogP contribution >= 0.6 is 31.9 Å². The summed E-state index contributed by atoms with van der Waals surface area (Å²) in [4.78, 5) is 0. The zero-order valence-corrected chi connectivity index (χ0v) is 20.4. The Bertz CT molecular complexity index is 1100. The van der Waals surface area contributed by atoms with Gasteiger partial charge in [-0.15, -0.1) is 0 Å². The molecule has 0 radical (unpaired) electrons. The van der Waals surface area contributed by atoms with Crippen molar-refractivity contribution in [3.8, 4) is 23.3 Å². The lowest BCUT2D eigenvalue weighted by Crippen LogP contribution is -2.01. The minimum atomic E-state index is 0.413. The lowest BCUT2D eigenvalue weighted by atomic mass is 10.0. The van der Waals surface area contributed by atoms with E-state index >= 15 is 0 Å². The summed E-state index contributed by atoms with van der Waals surface area (Å²) in [5.41, 5.74) is 3.24. The molecule has 0 aliphatic rings. The van der Waals surface area contributed by atoms with Crippen molar-refractivity contribution in [1.29, 1.82) is 5.26 Å². The molecule has 0 aliphatic carbocycles. The van der Waals surface area contributed by atoms with Gasteiger partial charge in [0.25, 0.3) is 0 Å². The van der Waals surface area contributed by atoms with E-state index in [0.717, 1.165) is 31.4 Å². The van der Waals surface area contributed by atoms with E-state index in [1.54, 1.807) is 7.11 Å². The predicted octanol–water partition coefficient (Wildman–Crippen LogP) is 7.26. The summed E-state index contributed by atoms with van der Waals surface area (Å²) in [6, 6.07) is 21.4. The first-order chi connectivity index (χ1) is 15.0. The summed E-state index contributed by atoms with van der Waals surface area (Å²) in [6.07, 6.45) is 1.83. The number of nitrogens with zero attached hydrogens (tertiary/aromatic N) is 1. The van der Waals surface area contributed by atoms with Gasteiger partial charge in [-0.25, -0.2) is 0 Å². The van der Waals surface area contributed by atoms with Gasteiger partial charge in [0, 0.05) is 4.47 Å². The maximum atomic E-state index is 9.67. The molecule has 0 unspecified atom stereocenters. The Morgan fingerprint density at radius 1 is 1.00 bits per heavy atom. The van der Waals surface area contributed by atoms with Gasteiger partial charge in [0.1, 0.15) is 12.4 Å². The Labute approximate surface area is 199 Å². The number of nitriles is 1. The second kappa shape index (κ2) is 11.0. The van der Waals surface area contributed by atoms with Gasteiger partial charge in [-0.3, -0.25) is 0 Å². The Morgan fingerprint density at radius 3 is 2.32 bits per heavy atom. The molecule has 0 fully saturated rings. The molecule has 6 heteroatoms. The van der Waals surface area contributed by atoms with Gasteiger partial charge >= 0.3 is 0 Å². The van der Waals surface area contributed by atoms with Gasteiger partial charge in [-0.2, -0.15) is 5.26 Å². The minimum absolute atomic E-state index is 0.413. The lowest BCUT2D eigenvalue weighted by Gasteiger charge is -2.15. The van der Waals surface area contributed by atoms with Crippen molar-refractivity contribution < 1.29 is 14.2 Å². The Kier molecular flexibility index (Phi) is 8.16. The van der Waals surface area contributed by atoms with Gasteiger partial charge < -0.3 is 14.2 Å². The SMILES string of the molecule is CCOc1cc(/C=C(\C#N)c2ccc(OC)cc2)cc(Br)c1OCc1ccc(Br)cc1. The fourth-order valence-corrected chi connectivity index (χ4v) is 3.77. The molecule has 0 saturated heterocycles. The van der Waals surface area contributed by atoms with Crippen LogP contribution in [-0.2, 0) is 6.61 Å². The molecule has 0 amide bonds. The molecule has 31 heavy (non-hydrogen) atoms. The molecule has 0 spiro atoms. The third-order valence-electron chi connectivity index (χ3n) is 4.46. The average molecular weight is 543 g/mol. The second-order valence-corrected chi connectivity index (χ2v) is 8.35. The molecule has 0 heterocycles. The number of benzene rings is 3. The standard InChI is InChI=1S/C25H21Br2NO3/c1-3-30-24-14-18(12-20(15-28)19-6-10-22(29-2)11-7-19)13-23(27)25(24)31-16-17-4-8-21(26)9-5-17/h4-14H,3,16H2,1-2H3/b20-12+. The number of hydrogen-bond donors (Lipinski definition) is 0. The van der Waals surface area contributed by atoms with Crippen LogP contribution in [0.2, 0.25) is 0 Å². The second-order valence-electron chi connectivity index (χ2n) is 6.58. The van der Waals surface area contributed by atoms with Crippen LogP contribution in [0.1, 0.15) is 23.6 Å². The molecule has 3 aromatic carbocycles. The van der Waals surface area contributed by atoms with Crippen LogP contribution in [0.4, 0.5) is 0 Å². The topological polar surface area (TPSA) is 51.5 Å². The van der Waals surface area contributed by atoms with Crippen LogP contribution in [0, 0.1) is 11.3 Å². The third-order valence-corrected chi connectivity index (χ3v) is 5.58. The van der Waals surface area contributed by atoms with Gasteiger partial charge in [0.2, 0.25) is 0 Å². The van der Waals surface area contributed by atoms with E-state index in [-0.39, 0.29) is 0 Å². The molecule has 0 bridgehead atoms. The highest BCUT2D eigenvalue weighted by Gasteiger charge is 2.13. The van der Waals surface area contributed by atoms with E-state index in [9.17, 15) is 5.26 Å². The number of halogens is 2. The number of allylic oxidation sites excluding steroid dienone is 1. The Hall–Kier alpha value is -2.75. The van der Waals surface area contributed by atoms with Gasteiger partial charge in [0.05, 0.1) is 29.8 Å². The monoisotopic (exact) mass is 541 g/mol. The van der Waals surface area contributed by atoms with Gasteiger partial charge in [-0.05, 0) is 94.2 Å². The first kappa shape index (κ1) is 22.9. The lowest BCUT2D eigenvalue weighted by molar-refractivity contribution is 0.267. The van der Waals surface area contributed by atoms with Crippen LogP contribution in [0.5, 0.6) is 17.2 Å². The van der Waals surface area contributed by atoms with E-state index in [1.807, 2.05) is 73.7 Å². The number of methoxy groups -OCH3 is 1. The van der Waals surface area contributed by atoms with E-state index < -0.39 is 0 Å². The highest BCUT2D eigenvalue weighted by Crippen LogP contribution is 2.38. The highest BCUT2D eigenvalue weighted by molar-refractivity contribution is 9.10. The predicted molar refractivity (Wildman–Crippen MR) is 130 cm³/mol. The zero-order chi connectivity index (χ0) is 22.2. The van der Waals surface area contributed by atoms with Crippen LogP contribution in [-0.4, -0.2) is 13.7 Å². The first-order valence-corrected chi connectivity index (χ1v) is 11.2. The van der Waals surface area contributed by atoms with Crippen LogP contribution in [0.15, 0.2) is 69.6 Å². The number of hydrogen-bond acceptors (Lipinski definition) is 4. The van der Waals surface area contributed by atoms with E-state index in [1.165, 1.54) is 0 Å². The third kappa shape index (κ3) is 6.13. The summed E-state index contributed by atoms with van der Waals surface area (Å²) < 4.78 is 18.9. The molecule has 4 nitrogen and oxygen atoms in total. The number of ether oxygens (including phenoxy) is 3. The molecular weight excluding hydrogens is 522 g/mol. The molecule has 0 aliphatic heterocycles. The van der Waals surface area contributed by atoms with E-state index in [0.29, 0.717) is 30.3 Å². The van der Waals surface area contributed by atoms with Crippen molar-refractivity contribution in [1.82, 2.24) is 0 Å². The summed E-state index contributed by atoms with van der Waals surface area (Å²) >= 11 is 7.04. The average Bonchev–Trinajstić information content (AvgIpc) is 2.78. The summed E-state index contributed by atoms with van der Waals surface area (Å²) in [7, 11) is 1.61. The quantitative estimate of drug-likeness (QED) is 0.222. The van der Waals surface area contributed by atoms with Crippen LogP contribution in [0.3, 0.4) is 0 Å². The van der Waals surface area contributed by atoms with Crippen molar-refractivity contribution in [2.75, 3.05) is 13.7 Å². The molecular formula is C25H21Br2NO3. The molecule has 0 saturated carbocycles. The van der Waals surface area contributed by atoms with Crippen LogP contribution in [0.25, 0.3) is 11.6 Å². The maximum Gasteiger partial charge on any atom is 0.175 e. The van der Waals surface area contributed by atoms with Gasteiger partial charge in [0.15, 0.2) is 11.5 Å². The van der Waals surface area contributed by atoms with Crippen molar-refractivity contribution in [2.45, 2.75) is 13.5 Å². The van der Waals surface area contributed by atoms with Crippen molar-refractivity contribution in [3.63, 3.8) is 0 Å². The Balaban J connectivity index is 1.89. The molecule has 3 rings (SSSR count). The highest BCUT2D eigenvalue weighted by atomic mass is 79.9. The van der Waals surface area contributed by atoms with Crippen molar-refractivity contribution in [3.05, 3.63) is 86.3 Å². The van der Waals surface area contributed by atoms with E-state index in [2.05, 4.69) is 37.9 Å². The fourth-order valence-electron chi connectivity index (χ4n) is 2.93. The first-order valence-electron chi connectivity index (χ1n) is 9.63.